The van der Waals surface area contributed by atoms with E-state index in [1.165, 1.54) is 0 Å². The number of benzene rings is 2. The summed E-state index contributed by atoms with van der Waals surface area (Å²) < 4.78 is 42.6. The van der Waals surface area contributed by atoms with Gasteiger partial charge in [0.05, 0.1) is 10.9 Å². The van der Waals surface area contributed by atoms with Crippen LogP contribution in [0.4, 0.5) is 13.2 Å². The van der Waals surface area contributed by atoms with Gasteiger partial charge in [0.15, 0.2) is 5.88 Å². The molecule has 2 aromatic carbocycles. The SMILES string of the molecule is Oc1c2c(C(F)(F)F)cc(-c3ccccc3Cl)cc2c2n1CCNC2. The van der Waals surface area contributed by atoms with Gasteiger partial charge in [-0.05, 0) is 23.8 Å². The third kappa shape index (κ3) is 2.56. The molecule has 0 amide bonds. The van der Waals surface area contributed by atoms with Crippen LogP contribution in [0, 0.1) is 0 Å². The summed E-state index contributed by atoms with van der Waals surface area (Å²) >= 11 is 6.18. The number of rotatable bonds is 1. The van der Waals surface area contributed by atoms with Crippen LogP contribution in [0.2, 0.25) is 5.02 Å². The molecule has 0 fully saturated rings. The molecule has 0 saturated heterocycles. The van der Waals surface area contributed by atoms with Crippen molar-refractivity contribution in [2.24, 2.45) is 0 Å². The molecule has 0 aliphatic carbocycles. The van der Waals surface area contributed by atoms with Crippen LogP contribution in [0.15, 0.2) is 36.4 Å². The van der Waals surface area contributed by atoms with E-state index in [1.54, 1.807) is 34.9 Å². The Morgan fingerprint density at radius 3 is 2.64 bits per heavy atom. The van der Waals surface area contributed by atoms with Crippen LogP contribution in [0.25, 0.3) is 21.9 Å². The monoisotopic (exact) mass is 366 g/mol. The standard InChI is InChI=1S/C18H14ClF3N2O/c19-14-4-2-1-3-11(14)10-7-12-15-9-23-5-6-24(15)17(25)16(12)13(8-10)18(20,21)22/h1-4,7-8,23,25H,5-6,9H2. The maximum absolute atomic E-state index is 13.7. The van der Waals surface area contributed by atoms with E-state index in [9.17, 15) is 18.3 Å². The predicted octanol–water partition coefficient (Wildman–Crippen LogP) is 4.79. The number of aromatic hydroxyl groups is 1. The molecule has 1 aliphatic heterocycles. The van der Waals surface area contributed by atoms with Gasteiger partial charge in [0.2, 0.25) is 0 Å². The maximum atomic E-state index is 13.7. The molecule has 7 heteroatoms. The first-order valence-electron chi connectivity index (χ1n) is 7.79. The molecule has 0 unspecified atom stereocenters. The molecule has 0 radical (unpaired) electrons. The highest BCUT2D eigenvalue weighted by molar-refractivity contribution is 6.33. The van der Waals surface area contributed by atoms with Crippen molar-refractivity contribution in [3.05, 3.63) is 52.7 Å². The van der Waals surface area contributed by atoms with E-state index in [0.717, 1.165) is 6.07 Å². The summed E-state index contributed by atoms with van der Waals surface area (Å²) in [4.78, 5) is 0. The quantitative estimate of drug-likeness (QED) is 0.649. The lowest BCUT2D eigenvalue weighted by Gasteiger charge is -2.17. The van der Waals surface area contributed by atoms with Crippen LogP contribution in [0.1, 0.15) is 11.3 Å². The topological polar surface area (TPSA) is 37.2 Å². The van der Waals surface area contributed by atoms with Gasteiger partial charge in [-0.25, -0.2) is 0 Å². The third-order valence-electron chi connectivity index (χ3n) is 4.55. The summed E-state index contributed by atoms with van der Waals surface area (Å²) in [5.41, 5.74) is 0.710. The molecule has 2 heterocycles. The Balaban J connectivity index is 2.10. The summed E-state index contributed by atoms with van der Waals surface area (Å²) in [7, 11) is 0. The van der Waals surface area contributed by atoms with E-state index >= 15 is 0 Å². The fraction of sp³-hybridized carbons (Fsp3) is 0.222. The van der Waals surface area contributed by atoms with Gasteiger partial charge in [-0.2, -0.15) is 13.2 Å². The fourth-order valence-corrected chi connectivity index (χ4v) is 3.67. The minimum Gasteiger partial charge on any atom is -0.494 e. The Morgan fingerprint density at radius 2 is 1.92 bits per heavy atom. The van der Waals surface area contributed by atoms with Crippen LogP contribution in [0.3, 0.4) is 0 Å². The molecule has 0 atom stereocenters. The minimum absolute atomic E-state index is 0.151. The van der Waals surface area contributed by atoms with Crippen LogP contribution in [0.5, 0.6) is 5.88 Å². The molecule has 4 rings (SSSR count). The molecule has 1 aliphatic rings. The number of halogens is 4. The summed E-state index contributed by atoms with van der Waals surface area (Å²) in [5, 5.41) is 14.2. The van der Waals surface area contributed by atoms with E-state index < -0.39 is 11.7 Å². The van der Waals surface area contributed by atoms with Crippen molar-refractivity contribution >= 4 is 22.4 Å². The second-order valence-electron chi connectivity index (χ2n) is 6.02. The zero-order valence-corrected chi connectivity index (χ0v) is 13.7. The van der Waals surface area contributed by atoms with Crippen molar-refractivity contribution in [3.63, 3.8) is 0 Å². The molecule has 3 aromatic rings. The van der Waals surface area contributed by atoms with Gasteiger partial charge in [-0.15, -0.1) is 0 Å². The van der Waals surface area contributed by atoms with Crippen molar-refractivity contribution in [1.29, 1.82) is 0 Å². The Bertz CT molecular complexity index is 979. The normalized spacial score (nSPS) is 14.7. The largest absolute Gasteiger partial charge is 0.494 e. The second-order valence-corrected chi connectivity index (χ2v) is 6.43. The van der Waals surface area contributed by atoms with Gasteiger partial charge in [0.25, 0.3) is 0 Å². The summed E-state index contributed by atoms with van der Waals surface area (Å²) in [5.74, 6) is -0.329. The lowest BCUT2D eigenvalue weighted by molar-refractivity contribution is -0.136. The molecule has 130 valence electrons. The van der Waals surface area contributed by atoms with Crippen molar-refractivity contribution in [2.75, 3.05) is 6.54 Å². The molecule has 0 bridgehead atoms. The van der Waals surface area contributed by atoms with Gasteiger partial charge >= 0.3 is 6.18 Å². The average molecular weight is 367 g/mol. The van der Waals surface area contributed by atoms with Crippen LogP contribution >= 0.6 is 11.6 Å². The van der Waals surface area contributed by atoms with E-state index in [0.29, 0.717) is 46.9 Å². The highest BCUT2D eigenvalue weighted by Crippen LogP contribution is 2.45. The third-order valence-corrected chi connectivity index (χ3v) is 4.88. The van der Waals surface area contributed by atoms with Gasteiger partial charge < -0.3 is 15.0 Å². The number of nitrogens with zero attached hydrogens (tertiary/aromatic N) is 1. The smallest absolute Gasteiger partial charge is 0.417 e. The van der Waals surface area contributed by atoms with Crippen LogP contribution in [-0.4, -0.2) is 16.2 Å². The van der Waals surface area contributed by atoms with E-state index in [2.05, 4.69) is 5.32 Å². The Kier molecular flexibility index (Phi) is 3.70. The summed E-state index contributed by atoms with van der Waals surface area (Å²) in [6, 6.07) is 9.51. The van der Waals surface area contributed by atoms with Crippen molar-refractivity contribution < 1.29 is 18.3 Å². The first kappa shape index (κ1) is 16.3. The molecule has 2 N–H and O–H groups in total. The second kappa shape index (κ2) is 5.68. The summed E-state index contributed by atoms with van der Waals surface area (Å²) in [6.45, 7) is 1.43. The first-order valence-corrected chi connectivity index (χ1v) is 8.16. The number of hydrogen-bond donors (Lipinski definition) is 2. The minimum atomic E-state index is -4.59. The Morgan fingerprint density at radius 1 is 1.16 bits per heavy atom. The lowest BCUT2D eigenvalue weighted by Crippen LogP contribution is -2.27. The molecule has 25 heavy (non-hydrogen) atoms. The van der Waals surface area contributed by atoms with Gasteiger partial charge in [0.1, 0.15) is 0 Å². The maximum Gasteiger partial charge on any atom is 0.417 e. The van der Waals surface area contributed by atoms with E-state index in [4.69, 9.17) is 11.6 Å². The Labute approximate surface area is 146 Å². The number of hydrogen-bond acceptors (Lipinski definition) is 2. The van der Waals surface area contributed by atoms with Gasteiger partial charge in [-0.1, -0.05) is 29.8 Å². The number of fused-ring (bicyclic) bond motifs is 3. The highest BCUT2D eigenvalue weighted by atomic mass is 35.5. The van der Waals surface area contributed by atoms with Gasteiger partial charge in [0, 0.05) is 41.3 Å². The Hall–Kier alpha value is -2.18. The lowest BCUT2D eigenvalue weighted by atomic mass is 9.97. The zero-order chi connectivity index (χ0) is 17.8. The fourth-order valence-electron chi connectivity index (χ4n) is 3.42. The van der Waals surface area contributed by atoms with E-state index in [1.807, 2.05) is 0 Å². The molecular formula is C18H14ClF3N2O. The van der Waals surface area contributed by atoms with Crippen molar-refractivity contribution in [3.8, 4) is 17.0 Å². The molecule has 3 nitrogen and oxygen atoms in total. The predicted molar refractivity (Wildman–Crippen MR) is 90.8 cm³/mol. The number of nitrogens with one attached hydrogen (secondary N) is 1. The molecular weight excluding hydrogens is 353 g/mol. The summed E-state index contributed by atoms with van der Waals surface area (Å²) in [6.07, 6.45) is -4.59. The average Bonchev–Trinajstić information content (AvgIpc) is 2.87. The number of aromatic nitrogens is 1. The molecule has 0 spiro atoms. The van der Waals surface area contributed by atoms with Crippen molar-refractivity contribution in [2.45, 2.75) is 19.3 Å². The van der Waals surface area contributed by atoms with E-state index in [-0.39, 0.29) is 11.3 Å². The van der Waals surface area contributed by atoms with Crippen LogP contribution < -0.4 is 5.32 Å². The van der Waals surface area contributed by atoms with Gasteiger partial charge in [-0.3, -0.25) is 0 Å². The van der Waals surface area contributed by atoms with Crippen LogP contribution in [-0.2, 0) is 19.3 Å². The zero-order valence-electron chi connectivity index (χ0n) is 13.0. The molecule has 0 saturated carbocycles. The first-order chi connectivity index (χ1) is 11.9. The van der Waals surface area contributed by atoms with Crippen molar-refractivity contribution in [1.82, 2.24) is 9.88 Å². The highest BCUT2D eigenvalue weighted by Gasteiger charge is 2.36. The molecule has 1 aromatic heterocycles. The number of alkyl halides is 3.